The Morgan fingerprint density at radius 3 is 2.56 bits per heavy atom. The first-order chi connectivity index (χ1) is 8.51. The zero-order valence-corrected chi connectivity index (χ0v) is 11.9. The summed E-state index contributed by atoms with van der Waals surface area (Å²) in [5.41, 5.74) is 1.12. The van der Waals surface area contributed by atoms with Gasteiger partial charge in [-0.05, 0) is 41.9 Å². The van der Waals surface area contributed by atoms with E-state index in [0.717, 1.165) is 6.29 Å². The van der Waals surface area contributed by atoms with Crippen LogP contribution in [0.1, 0.15) is 24.2 Å². The van der Waals surface area contributed by atoms with E-state index in [1.54, 1.807) is 0 Å². The van der Waals surface area contributed by atoms with E-state index in [1.165, 1.54) is 12.1 Å². The Morgan fingerprint density at radius 1 is 1.39 bits per heavy atom. The molecule has 0 saturated carbocycles. The van der Waals surface area contributed by atoms with Crippen molar-refractivity contribution >= 4 is 27.9 Å². The van der Waals surface area contributed by atoms with Gasteiger partial charge in [0.2, 0.25) is 0 Å². The number of carbonyl (C=O) groups excluding carboxylic acids is 1. The van der Waals surface area contributed by atoms with Gasteiger partial charge in [0.1, 0.15) is 5.82 Å². The number of hydrogen-bond acceptors (Lipinski definition) is 3. The fourth-order valence-electron chi connectivity index (χ4n) is 2.29. The van der Waals surface area contributed by atoms with Gasteiger partial charge >= 0.3 is 0 Å². The first-order valence-corrected chi connectivity index (χ1v) is 6.65. The smallest absolute Gasteiger partial charge is 0.152 e. The molecule has 2 rings (SSSR count). The van der Waals surface area contributed by atoms with Gasteiger partial charge in [-0.2, -0.15) is 0 Å². The third-order valence-electron chi connectivity index (χ3n) is 2.96. The second kappa shape index (κ2) is 5.36. The highest BCUT2D eigenvalue weighted by molar-refractivity contribution is 9.10. The molecule has 0 aliphatic carbocycles. The van der Waals surface area contributed by atoms with Crippen molar-refractivity contribution in [2.75, 3.05) is 18.0 Å². The first-order valence-electron chi connectivity index (χ1n) is 5.86. The van der Waals surface area contributed by atoms with Crippen LogP contribution in [0.25, 0.3) is 0 Å². The van der Waals surface area contributed by atoms with Gasteiger partial charge in [-0.25, -0.2) is 4.39 Å². The fourth-order valence-corrected chi connectivity index (χ4v) is 2.66. The number of halogens is 2. The molecule has 5 heteroatoms. The molecule has 2 atom stereocenters. The van der Waals surface area contributed by atoms with Gasteiger partial charge in [-0.3, -0.25) is 4.79 Å². The molecule has 0 aromatic heterocycles. The third kappa shape index (κ3) is 2.72. The molecule has 1 heterocycles. The lowest BCUT2D eigenvalue weighted by Gasteiger charge is -2.37. The van der Waals surface area contributed by atoms with Crippen molar-refractivity contribution in [1.29, 1.82) is 0 Å². The summed E-state index contributed by atoms with van der Waals surface area (Å²) in [5.74, 6) is -0.359. The molecule has 1 aromatic carbocycles. The lowest BCUT2D eigenvalue weighted by Crippen LogP contribution is -2.45. The number of benzene rings is 1. The Hall–Kier alpha value is -0.940. The average Bonchev–Trinajstić information content (AvgIpc) is 2.30. The van der Waals surface area contributed by atoms with E-state index in [9.17, 15) is 9.18 Å². The van der Waals surface area contributed by atoms with Crippen molar-refractivity contribution in [3.05, 3.63) is 28.0 Å². The zero-order chi connectivity index (χ0) is 13.3. The Kier molecular flexibility index (Phi) is 4.02. The number of morpholine rings is 1. The molecule has 1 aliphatic heterocycles. The van der Waals surface area contributed by atoms with Gasteiger partial charge in [0.15, 0.2) is 6.29 Å². The number of aldehydes is 1. The van der Waals surface area contributed by atoms with E-state index >= 15 is 0 Å². The highest BCUT2D eigenvalue weighted by Crippen LogP contribution is 2.28. The summed E-state index contributed by atoms with van der Waals surface area (Å²) >= 11 is 3.09. The highest BCUT2D eigenvalue weighted by atomic mass is 79.9. The lowest BCUT2D eigenvalue weighted by molar-refractivity contribution is -0.00527. The number of nitrogens with zero attached hydrogens (tertiary/aromatic N) is 1. The molecular formula is C13H15BrFNO2. The van der Waals surface area contributed by atoms with Crippen LogP contribution in [0.3, 0.4) is 0 Å². The van der Waals surface area contributed by atoms with E-state index in [1.807, 2.05) is 18.7 Å². The molecule has 0 radical (unpaired) electrons. The Morgan fingerprint density at radius 2 is 2.00 bits per heavy atom. The monoisotopic (exact) mass is 315 g/mol. The zero-order valence-electron chi connectivity index (χ0n) is 10.3. The molecule has 18 heavy (non-hydrogen) atoms. The number of ether oxygens (including phenoxy) is 1. The minimum atomic E-state index is -0.359. The summed E-state index contributed by atoms with van der Waals surface area (Å²) in [4.78, 5) is 13.1. The molecule has 98 valence electrons. The van der Waals surface area contributed by atoms with Crippen LogP contribution in [0.5, 0.6) is 0 Å². The summed E-state index contributed by atoms with van der Waals surface area (Å²) in [6, 6.07) is 2.92. The van der Waals surface area contributed by atoms with E-state index in [4.69, 9.17) is 4.74 Å². The Labute approximate surface area is 114 Å². The quantitative estimate of drug-likeness (QED) is 0.786. The number of anilines is 1. The second-order valence-corrected chi connectivity index (χ2v) is 5.46. The van der Waals surface area contributed by atoms with Gasteiger partial charge in [0.25, 0.3) is 0 Å². The van der Waals surface area contributed by atoms with Crippen LogP contribution in [0.4, 0.5) is 10.1 Å². The van der Waals surface area contributed by atoms with Crippen LogP contribution in [0.2, 0.25) is 0 Å². The van der Waals surface area contributed by atoms with Crippen molar-refractivity contribution in [3.8, 4) is 0 Å². The van der Waals surface area contributed by atoms with E-state index in [2.05, 4.69) is 15.9 Å². The van der Waals surface area contributed by atoms with Crippen LogP contribution in [0.15, 0.2) is 16.6 Å². The molecule has 0 bridgehead atoms. The van der Waals surface area contributed by atoms with Crippen LogP contribution < -0.4 is 4.90 Å². The maximum absolute atomic E-state index is 13.6. The lowest BCUT2D eigenvalue weighted by atomic mass is 10.1. The predicted molar refractivity (Wildman–Crippen MR) is 71.7 cm³/mol. The van der Waals surface area contributed by atoms with Crippen molar-refractivity contribution in [2.45, 2.75) is 26.1 Å². The molecule has 0 N–H and O–H groups in total. The molecular weight excluding hydrogens is 301 g/mol. The molecule has 1 aromatic rings. The maximum Gasteiger partial charge on any atom is 0.152 e. The van der Waals surface area contributed by atoms with Crippen LogP contribution in [0, 0.1) is 5.82 Å². The Balaban J connectivity index is 2.37. The second-order valence-electron chi connectivity index (χ2n) is 4.61. The van der Waals surface area contributed by atoms with Gasteiger partial charge in [0.05, 0.1) is 22.4 Å². The summed E-state index contributed by atoms with van der Waals surface area (Å²) in [7, 11) is 0. The van der Waals surface area contributed by atoms with Crippen molar-refractivity contribution in [2.24, 2.45) is 0 Å². The van der Waals surface area contributed by atoms with Gasteiger partial charge in [0, 0.05) is 18.7 Å². The summed E-state index contributed by atoms with van der Waals surface area (Å²) < 4.78 is 19.6. The number of carbonyl (C=O) groups is 1. The predicted octanol–water partition coefficient (Wildman–Crippen LogP) is 3.01. The summed E-state index contributed by atoms with van der Waals surface area (Å²) in [5, 5.41) is 0. The minimum absolute atomic E-state index is 0.0694. The highest BCUT2D eigenvalue weighted by Gasteiger charge is 2.24. The first kappa shape index (κ1) is 13.5. The average molecular weight is 316 g/mol. The van der Waals surface area contributed by atoms with Crippen LogP contribution in [-0.4, -0.2) is 31.6 Å². The van der Waals surface area contributed by atoms with Crippen molar-refractivity contribution in [3.63, 3.8) is 0 Å². The molecule has 0 spiro atoms. The minimum Gasteiger partial charge on any atom is -0.372 e. The molecule has 3 nitrogen and oxygen atoms in total. The van der Waals surface area contributed by atoms with Gasteiger partial charge in [-0.1, -0.05) is 0 Å². The molecule has 1 aliphatic rings. The van der Waals surface area contributed by atoms with E-state index in [-0.39, 0.29) is 18.0 Å². The third-order valence-corrected chi connectivity index (χ3v) is 3.56. The van der Waals surface area contributed by atoms with Crippen molar-refractivity contribution in [1.82, 2.24) is 0 Å². The molecule has 0 amide bonds. The maximum atomic E-state index is 13.6. The topological polar surface area (TPSA) is 29.5 Å². The van der Waals surface area contributed by atoms with Gasteiger partial charge < -0.3 is 9.64 Å². The normalized spacial score (nSPS) is 24.1. The summed E-state index contributed by atoms with van der Waals surface area (Å²) in [6.45, 7) is 5.26. The van der Waals surface area contributed by atoms with Crippen molar-refractivity contribution < 1.29 is 13.9 Å². The SMILES string of the molecule is CC1CN(c2cc(F)c(Br)cc2C=O)CC(C)O1. The molecule has 1 fully saturated rings. The molecule has 2 unspecified atom stereocenters. The van der Waals surface area contributed by atoms with Crippen LogP contribution in [-0.2, 0) is 4.74 Å². The largest absolute Gasteiger partial charge is 0.372 e. The van der Waals surface area contributed by atoms with Crippen LogP contribution >= 0.6 is 15.9 Å². The standard InChI is InChI=1S/C13H15BrFNO2/c1-8-5-16(6-9(2)18-8)13-4-12(15)11(14)3-10(13)7-17/h3-4,7-9H,5-6H2,1-2H3. The fraction of sp³-hybridized carbons (Fsp3) is 0.462. The van der Waals surface area contributed by atoms with E-state index in [0.29, 0.717) is 28.8 Å². The number of rotatable bonds is 2. The van der Waals surface area contributed by atoms with E-state index < -0.39 is 0 Å². The summed E-state index contributed by atoms with van der Waals surface area (Å²) in [6.07, 6.45) is 0.893. The molecule has 1 saturated heterocycles. The number of hydrogen-bond donors (Lipinski definition) is 0. The Bertz CT molecular complexity index is 457. The van der Waals surface area contributed by atoms with Gasteiger partial charge in [-0.15, -0.1) is 0 Å².